The summed E-state index contributed by atoms with van der Waals surface area (Å²) in [6, 6.07) is 19.2. The molecule has 0 atom stereocenters. The Balaban J connectivity index is 1.88. The highest BCUT2D eigenvalue weighted by Gasteiger charge is 2.11. The Kier molecular flexibility index (Phi) is 5.31. The summed E-state index contributed by atoms with van der Waals surface area (Å²) in [6.07, 6.45) is 10.8. The summed E-state index contributed by atoms with van der Waals surface area (Å²) in [4.78, 5) is 3.61. The second-order valence-corrected chi connectivity index (χ2v) is 6.06. The second-order valence-electron chi connectivity index (χ2n) is 6.06. The van der Waals surface area contributed by atoms with Crippen LogP contribution in [-0.4, -0.2) is 4.98 Å². The normalized spacial score (nSPS) is 11.5. The molecule has 0 aliphatic carbocycles. The number of benzene rings is 2. The molecule has 3 aromatic rings. The number of H-pyrrole nitrogens is 1. The molecule has 0 aliphatic rings. The van der Waals surface area contributed by atoms with Crippen molar-refractivity contribution in [2.75, 3.05) is 0 Å². The van der Waals surface area contributed by atoms with Crippen molar-refractivity contribution < 1.29 is 0 Å². The molecular formula is C22H25N. The minimum Gasteiger partial charge on any atom is -0.354 e. The van der Waals surface area contributed by atoms with Gasteiger partial charge in [-0.15, -0.1) is 0 Å². The molecule has 118 valence electrons. The Morgan fingerprint density at radius 1 is 0.870 bits per heavy atom. The third-order valence-electron chi connectivity index (χ3n) is 4.34. The number of aromatic amines is 1. The third-order valence-corrected chi connectivity index (χ3v) is 4.34. The van der Waals surface area contributed by atoms with Crippen LogP contribution in [0.5, 0.6) is 0 Å². The van der Waals surface area contributed by atoms with E-state index in [1.807, 2.05) is 0 Å². The van der Waals surface area contributed by atoms with Crippen molar-refractivity contribution in [3.05, 3.63) is 72.3 Å². The fourth-order valence-corrected chi connectivity index (χ4v) is 3.09. The third kappa shape index (κ3) is 3.73. The first kappa shape index (κ1) is 15.6. The maximum absolute atomic E-state index is 3.61. The van der Waals surface area contributed by atoms with Crippen LogP contribution in [0.3, 0.4) is 0 Å². The molecular weight excluding hydrogens is 278 g/mol. The van der Waals surface area contributed by atoms with Crippen molar-refractivity contribution in [3.8, 4) is 11.3 Å². The number of rotatable bonds is 7. The predicted octanol–water partition coefficient (Wildman–Crippen LogP) is 6.51. The van der Waals surface area contributed by atoms with Gasteiger partial charge in [0.2, 0.25) is 0 Å². The SMILES string of the molecule is CCCCC/C=C/Cc1c(-c2ccccc2)[nH]c2ccccc12. The lowest BCUT2D eigenvalue weighted by Crippen LogP contribution is -1.85. The first-order valence-corrected chi connectivity index (χ1v) is 8.70. The highest BCUT2D eigenvalue weighted by atomic mass is 14.7. The average molecular weight is 303 g/mol. The topological polar surface area (TPSA) is 15.8 Å². The van der Waals surface area contributed by atoms with E-state index in [0.717, 1.165) is 6.42 Å². The molecule has 0 bridgehead atoms. The predicted molar refractivity (Wildman–Crippen MR) is 101 cm³/mol. The summed E-state index contributed by atoms with van der Waals surface area (Å²) < 4.78 is 0. The number of aromatic nitrogens is 1. The average Bonchev–Trinajstić information content (AvgIpc) is 2.97. The van der Waals surface area contributed by atoms with Crippen molar-refractivity contribution in [3.63, 3.8) is 0 Å². The number of hydrogen-bond donors (Lipinski definition) is 1. The molecule has 1 heterocycles. The van der Waals surface area contributed by atoms with Gasteiger partial charge in [-0.2, -0.15) is 0 Å². The summed E-state index contributed by atoms with van der Waals surface area (Å²) in [5, 5.41) is 1.34. The van der Waals surface area contributed by atoms with Crippen LogP contribution in [0.15, 0.2) is 66.7 Å². The van der Waals surface area contributed by atoms with Crippen LogP contribution < -0.4 is 0 Å². The van der Waals surface area contributed by atoms with Crippen molar-refractivity contribution in [1.82, 2.24) is 4.98 Å². The minimum atomic E-state index is 0.986. The summed E-state index contributed by atoms with van der Waals surface area (Å²) in [6.45, 7) is 2.25. The second kappa shape index (κ2) is 7.82. The van der Waals surface area contributed by atoms with Gasteiger partial charge in [0.25, 0.3) is 0 Å². The number of para-hydroxylation sites is 1. The number of hydrogen-bond acceptors (Lipinski definition) is 0. The molecule has 2 aromatic carbocycles. The zero-order valence-corrected chi connectivity index (χ0v) is 13.9. The van der Waals surface area contributed by atoms with Crippen molar-refractivity contribution >= 4 is 10.9 Å². The Bertz CT molecular complexity index is 765. The van der Waals surface area contributed by atoms with E-state index in [1.54, 1.807) is 0 Å². The molecule has 0 aliphatic heterocycles. The zero-order valence-electron chi connectivity index (χ0n) is 13.9. The molecule has 1 aromatic heterocycles. The number of unbranched alkanes of at least 4 members (excludes halogenated alkanes) is 3. The number of allylic oxidation sites excluding steroid dienone is 2. The molecule has 0 saturated heterocycles. The van der Waals surface area contributed by atoms with Gasteiger partial charge in [0, 0.05) is 10.9 Å². The molecule has 0 spiro atoms. The quantitative estimate of drug-likeness (QED) is 0.378. The largest absolute Gasteiger partial charge is 0.354 e. The summed E-state index contributed by atoms with van der Waals surface area (Å²) >= 11 is 0. The van der Waals surface area contributed by atoms with E-state index in [1.165, 1.54) is 53.4 Å². The van der Waals surface area contributed by atoms with E-state index in [0.29, 0.717) is 0 Å². The molecule has 0 unspecified atom stereocenters. The smallest absolute Gasteiger partial charge is 0.0500 e. The Labute approximate surface area is 139 Å². The maximum Gasteiger partial charge on any atom is 0.0500 e. The molecule has 0 fully saturated rings. The van der Waals surface area contributed by atoms with Crippen LogP contribution in [0.4, 0.5) is 0 Å². The highest BCUT2D eigenvalue weighted by molar-refractivity contribution is 5.90. The zero-order chi connectivity index (χ0) is 15.9. The van der Waals surface area contributed by atoms with E-state index < -0.39 is 0 Å². The van der Waals surface area contributed by atoms with E-state index >= 15 is 0 Å². The lowest BCUT2D eigenvalue weighted by atomic mass is 10.0. The van der Waals surface area contributed by atoms with E-state index in [4.69, 9.17) is 0 Å². The first-order valence-electron chi connectivity index (χ1n) is 8.70. The van der Waals surface area contributed by atoms with Gasteiger partial charge in [0.1, 0.15) is 0 Å². The minimum absolute atomic E-state index is 0.986. The fourth-order valence-electron chi connectivity index (χ4n) is 3.09. The summed E-state index contributed by atoms with van der Waals surface area (Å²) in [5.41, 5.74) is 5.14. The standard InChI is InChI=1S/C22H25N/c1-2-3-4-5-6-10-16-20-19-15-11-12-17-21(19)23-22(20)18-13-8-7-9-14-18/h6-15,17,23H,2-5,16H2,1H3/b10-6+. The van der Waals surface area contributed by atoms with Gasteiger partial charge in [0.05, 0.1) is 5.69 Å². The first-order chi connectivity index (χ1) is 11.4. The Morgan fingerprint density at radius 2 is 1.65 bits per heavy atom. The molecule has 23 heavy (non-hydrogen) atoms. The van der Waals surface area contributed by atoms with Gasteiger partial charge in [-0.3, -0.25) is 0 Å². The van der Waals surface area contributed by atoms with Crippen molar-refractivity contribution in [2.24, 2.45) is 0 Å². The van der Waals surface area contributed by atoms with Gasteiger partial charge in [-0.25, -0.2) is 0 Å². The van der Waals surface area contributed by atoms with Gasteiger partial charge in [-0.05, 0) is 36.5 Å². The van der Waals surface area contributed by atoms with Crippen LogP contribution >= 0.6 is 0 Å². The van der Waals surface area contributed by atoms with E-state index in [-0.39, 0.29) is 0 Å². The van der Waals surface area contributed by atoms with Crippen LogP contribution in [0.25, 0.3) is 22.2 Å². The highest BCUT2D eigenvalue weighted by Crippen LogP contribution is 2.30. The maximum atomic E-state index is 3.61. The van der Waals surface area contributed by atoms with Crippen LogP contribution in [-0.2, 0) is 6.42 Å². The fraction of sp³-hybridized carbons (Fsp3) is 0.273. The monoisotopic (exact) mass is 303 g/mol. The number of fused-ring (bicyclic) bond motifs is 1. The van der Waals surface area contributed by atoms with Gasteiger partial charge in [0.15, 0.2) is 0 Å². The van der Waals surface area contributed by atoms with Crippen LogP contribution in [0.1, 0.15) is 38.2 Å². The van der Waals surface area contributed by atoms with E-state index in [9.17, 15) is 0 Å². The van der Waals surface area contributed by atoms with E-state index in [2.05, 4.69) is 78.7 Å². The Morgan fingerprint density at radius 3 is 2.48 bits per heavy atom. The molecule has 1 heteroatoms. The summed E-state index contributed by atoms with van der Waals surface area (Å²) in [7, 11) is 0. The van der Waals surface area contributed by atoms with Gasteiger partial charge < -0.3 is 4.98 Å². The lowest BCUT2D eigenvalue weighted by Gasteiger charge is -2.03. The molecule has 0 saturated carbocycles. The molecule has 3 rings (SSSR count). The lowest BCUT2D eigenvalue weighted by molar-refractivity contribution is 0.728. The van der Waals surface area contributed by atoms with Crippen LogP contribution in [0, 0.1) is 0 Å². The molecule has 0 amide bonds. The molecule has 0 radical (unpaired) electrons. The molecule has 1 nitrogen and oxygen atoms in total. The summed E-state index contributed by atoms with van der Waals surface area (Å²) in [5.74, 6) is 0. The van der Waals surface area contributed by atoms with Crippen molar-refractivity contribution in [2.45, 2.75) is 39.0 Å². The van der Waals surface area contributed by atoms with Gasteiger partial charge in [-0.1, -0.05) is 80.4 Å². The Hall–Kier alpha value is -2.28. The van der Waals surface area contributed by atoms with Crippen molar-refractivity contribution in [1.29, 1.82) is 0 Å². The van der Waals surface area contributed by atoms with Gasteiger partial charge >= 0.3 is 0 Å². The van der Waals surface area contributed by atoms with Crippen LogP contribution in [0.2, 0.25) is 0 Å². The number of nitrogens with one attached hydrogen (secondary N) is 1. The molecule has 1 N–H and O–H groups in total.